The third kappa shape index (κ3) is 2.23. The maximum atomic E-state index is 12.4. The Morgan fingerprint density at radius 2 is 2.00 bits per heavy atom. The van der Waals surface area contributed by atoms with E-state index in [0.717, 1.165) is 36.5 Å². The Labute approximate surface area is 132 Å². The first-order valence-electron chi connectivity index (χ1n) is 7.34. The average Bonchev–Trinajstić information content (AvgIpc) is 3.26. The molecular weight excluding hydrogens is 294 g/mol. The first-order valence-corrected chi connectivity index (χ1v) is 8.22. The average molecular weight is 309 g/mol. The molecule has 4 nitrogen and oxygen atoms in total. The SMILES string of the molecule is O=C(Nc1c2c(nn1-c1ccccc1)CCC2)c1cccs1. The second-order valence-corrected chi connectivity index (χ2v) is 6.25. The fourth-order valence-corrected chi connectivity index (χ4v) is 3.47. The van der Waals surface area contributed by atoms with Crippen molar-refractivity contribution in [3.05, 3.63) is 64.0 Å². The number of fused-ring (bicyclic) bond motifs is 1. The van der Waals surface area contributed by atoms with Gasteiger partial charge in [0.1, 0.15) is 5.82 Å². The van der Waals surface area contributed by atoms with Gasteiger partial charge in [0.25, 0.3) is 5.91 Å². The molecule has 0 spiro atoms. The van der Waals surface area contributed by atoms with Crippen molar-refractivity contribution in [2.75, 3.05) is 5.32 Å². The molecule has 0 bridgehead atoms. The van der Waals surface area contributed by atoms with Crippen LogP contribution in [-0.4, -0.2) is 15.7 Å². The van der Waals surface area contributed by atoms with Gasteiger partial charge in [-0.05, 0) is 42.8 Å². The largest absolute Gasteiger partial charge is 0.306 e. The molecule has 0 unspecified atom stereocenters. The van der Waals surface area contributed by atoms with Crippen LogP contribution >= 0.6 is 11.3 Å². The summed E-state index contributed by atoms with van der Waals surface area (Å²) in [6.45, 7) is 0. The molecular formula is C17H15N3OS. The molecule has 1 amide bonds. The first-order chi connectivity index (χ1) is 10.8. The molecule has 4 rings (SSSR count). The number of hydrogen-bond donors (Lipinski definition) is 1. The minimum absolute atomic E-state index is 0.0678. The molecule has 0 saturated heterocycles. The maximum Gasteiger partial charge on any atom is 0.266 e. The highest BCUT2D eigenvalue weighted by molar-refractivity contribution is 7.12. The minimum atomic E-state index is -0.0678. The number of rotatable bonds is 3. The summed E-state index contributed by atoms with van der Waals surface area (Å²) < 4.78 is 1.86. The van der Waals surface area contributed by atoms with E-state index in [9.17, 15) is 4.79 Å². The van der Waals surface area contributed by atoms with E-state index in [0.29, 0.717) is 4.88 Å². The molecule has 2 heterocycles. The van der Waals surface area contributed by atoms with Crippen LogP contribution in [0.15, 0.2) is 47.8 Å². The maximum absolute atomic E-state index is 12.4. The van der Waals surface area contributed by atoms with Crippen LogP contribution in [0.3, 0.4) is 0 Å². The van der Waals surface area contributed by atoms with Gasteiger partial charge >= 0.3 is 0 Å². The third-order valence-corrected chi connectivity index (χ3v) is 4.75. The van der Waals surface area contributed by atoms with Gasteiger partial charge in [0.05, 0.1) is 16.3 Å². The van der Waals surface area contributed by atoms with Crippen molar-refractivity contribution in [2.24, 2.45) is 0 Å². The van der Waals surface area contributed by atoms with Crippen LogP contribution in [0.5, 0.6) is 0 Å². The third-order valence-electron chi connectivity index (χ3n) is 3.88. The Morgan fingerprint density at radius 3 is 2.77 bits per heavy atom. The zero-order valence-electron chi connectivity index (χ0n) is 12.0. The van der Waals surface area contributed by atoms with Crippen molar-refractivity contribution in [1.82, 2.24) is 9.78 Å². The normalized spacial score (nSPS) is 13.1. The number of carbonyl (C=O) groups is 1. The lowest BCUT2D eigenvalue weighted by molar-refractivity contribution is 0.102. The van der Waals surface area contributed by atoms with Crippen LogP contribution in [0.2, 0.25) is 0 Å². The Balaban J connectivity index is 1.76. The molecule has 3 aromatic rings. The van der Waals surface area contributed by atoms with Crippen molar-refractivity contribution in [1.29, 1.82) is 0 Å². The number of anilines is 1. The van der Waals surface area contributed by atoms with Gasteiger partial charge in [-0.3, -0.25) is 4.79 Å². The standard InChI is InChI=1S/C17H15N3OS/c21-17(15-10-5-11-22-15)18-16-13-8-4-9-14(13)19-20(16)12-6-2-1-3-7-12/h1-3,5-7,10-11H,4,8-9H2,(H,18,21). The minimum Gasteiger partial charge on any atom is -0.306 e. The summed E-state index contributed by atoms with van der Waals surface area (Å²) in [7, 11) is 0. The van der Waals surface area contributed by atoms with Crippen molar-refractivity contribution >= 4 is 23.1 Å². The molecule has 0 atom stereocenters. The zero-order valence-corrected chi connectivity index (χ0v) is 12.8. The van der Waals surface area contributed by atoms with E-state index in [-0.39, 0.29) is 5.91 Å². The topological polar surface area (TPSA) is 46.9 Å². The highest BCUT2D eigenvalue weighted by Crippen LogP contribution is 2.31. The van der Waals surface area contributed by atoms with E-state index in [4.69, 9.17) is 5.10 Å². The van der Waals surface area contributed by atoms with Crippen LogP contribution in [0.25, 0.3) is 5.69 Å². The number of para-hydroxylation sites is 1. The molecule has 0 radical (unpaired) electrons. The van der Waals surface area contributed by atoms with Gasteiger partial charge in [-0.25, -0.2) is 4.68 Å². The number of hydrogen-bond acceptors (Lipinski definition) is 3. The lowest BCUT2D eigenvalue weighted by Crippen LogP contribution is -2.15. The van der Waals surface area contributed by atoms with Gasteiger partial charge in [0.15, 0.2) is 0 Å². The van der Waals surface area contributed by atoms with E-state index in [1.807, 2.05) is 52.5 Å². The lowest BCUT2D eigenvalue weighted by atomic mass is 10.2. The Kier molecular flexibility index (Phi) is 3.27. The lowest BCUT2D eigenvalue weighted by Gasteiger charge is -2.10. The van der Waals surface area contributed by atoms with Crippen molar-refractivity contribution < 1.29 is 4.79 Å². The summed E-state index contributed by atoms with van der Waals surface area (Å²) in [6.07, 6.45) is 3.06. The molecule has 2 aromatic heterocycles. The number of aryl methyl sites for hydroxylation is 1. The van der Waals surface area contributed by atoms with Crippen molar-refractivity contribution in [3.8, 4) is 5.69 Å². The van der Waals surface area contributed by atoms with Gasteiger partial charge in [-0.2, -0.15) is 5.10 Å². The second-order valence-electron chi connectivity index (χ2n) is 5.31. The summed E-state index contributed by atoms with van der Waals surface area (Å²) in [6, 6.07) is 13.7. The Hall–Kier alpha value is -2.40. The number of amides is 1. The second kappa shape index (κ2) is 5.42. The quantitative estimate of drug-likeness (QED) is 0.802. The van der Waals surface area contributed by atoms with Crippen molar-refractivity contribution in [3.63, 3.8) is 0 Å². The molecule has 5 heteroatoms. The molecule has 0 fully saturated rings. The molecule has 1 aliphatic carbocycles. The van der Waals surface area contributed by atoms with E-state index in [1.165, 1.54) is 16.9 Å². The van der Waals surface area contributed by atoms with Crippen LogP contribution in [0, 0.1) is 0 Å². The fourth-order valence-electron chi connectivity index (χ4n) is 2.85. The van der Waals surface area contributed by atoms with E-state index in [1.54, 1.807) is 0 Å². The van der Waals surface area contributed by atoms with Crippen molar-refractivity contribution in [2.45, 2.75) is 19.3 Å². The highest BCUT2D eigenvalue weighted by Gasteiger charge is 2.24. The molecule has 1 aromatic carbocycles. The van der Waals surface area contributed by atoms with Gasteiger partial charge in [-0.15, -0.1) is 11.3 Å². The molecule has 0 saturated carbocycles. The number of thiophene rings is 1. The molecule has 22 heavy (non-hydrogen) atoms. The van der Waals surface area contributed by atoms with E-state index >= 15 is 0 Å². The number of nitrogens with one attached hydrogen (secondary N) is 1. The summed E-state index contributed by atoms with van der Waals surface area (Å²) in [5, 5.41) is 9.67. The predicted molar refractivity (Wildman–Crippen MR) is 87.9 cm³/mol. The van der Waals surface area contributed by atoms with Gasteiger partial charge in [0, 0.05) is 5.56 Å². The number of nitrogens with zero attached hydrogens (tertiary/aromatic N) is 2. The van der Waals surface area contributed by atoms with E-state index < -0.39 is 0 Å². The van der Waals surface area contributed by atoms with Crippen LogP contribution < -0.4 is 5.32 Å². The Morgan fingerprint density at radius 1 is 1.14 bits per heavy atom. The predicted octanol–water partition coefficient (Wildman–Crippen LogP) is 3.67. The zero-order chi connectivity index (χ0) is 14.9. The summed E-state index contributed by atoms with van der Waals surface area (Å²) in [5.74, 6) is 0.749. The summed E-state index contributed by atoms with van der Waals surface area (Å²) >= 11 is 1.45. The molecule has 1 N–H and O–H groups in total. The van der Waals surface area contributed by atoms with Gasteiger partial charge in [-0.1, -0.05) is 24.3 Å². The van der Waals surface area contributed by atoms with Gasteiger partial charge in [0.2, 0.25) is 0 Å². The van der Waals surface area contributed by atoms with Gasteiger partial charge < -0.3 is 5.32 Å². The molecule has 0 aliphatic heterocycles. The molecule has 110 valence electrons. The van der Waals surface area contributed by atoms with Crippen LogP contribution in [0.1, 0.15) is 27.3 Å². The van der Waals surface area contributed by atoms with Crippen LogP contribution in [0.4, 0.5) is 5.82 Å². The van der Waals surface area contributed by atoms with E-state index in [2.05, 4.69) is 5.32 Å². The first kappa shape index (κ1) is 13.3. The summed E-state index contributed by atoms with van der Waals surface area (Å²) in [4.78, 5) is 13.1. The number of aromatic nitrogens is 2. The summed E-state index contributed by atoms with van der Waals surface area (Å²) in [5.41, 5.74) is 3.25. The smallest absolute Gasteiger partial charge is 0.266 e. The van der Waals surface area contributed by atoms with Crippen LogP contribution in [-0.2, 0) is 12.8 Å². The molecule has 1 aliphatic rings. The highest BCUT2D eigenvalue weighted by atomic mass is 32.1. The fraction of sp³-hybridized carbons (Fsp3) is 0.176. The number of benzene rings is 1. The Bertz CT molecular complexity index is 806. The monoisotopic (exact) mass is 309 g/mol. The number of carbonyl (C=O) groups excluding carboxylic acids is 1.